The minimum absolute atomic E-state index is 0.00453. The molecule has 3 aliphatic rings. The van der Waals surface area contributed by atoms with Gasteiger partial charge in [0.1, 0.15) is 5.82 Å². The van der Waals surface area contributed by atoms with Gasteiger partial charge in [-0.2, -0.15) is 0 Å². The Morgan fingerprint density at radius 2 is 1.71 bits per heavy atom. The van der Waals surface area contributed by atoms with Crippen molar-refractivity contribution in [3.05, 3.63) is 18.3 Å². The second-order valence-electron chi connectivity index (χ2n) is 8.68. The van der Waals surface area contributed by atoms with E-state index in [1.807, 2.05) is 19.3 Å². The molecule has 0 atom stereocenters. The summed E-state index contributed by atoms with van der Waals surface area (Å²) in [4.78, 5) is 24.0. The van der Waals surface area contributed by atoms with E-state index in [-0.39, 0.29) is 6.03 Å². The molecule has 2 aliphatic carbocycles. The maximum Gasteiger partial charge on any atom is 0.321 e. The predicted octanol–water partition coefficient (Wildman–Crippen LogP) is 3.62. The molecule has 28 heavy (non-hydrogen) atoms. The number of hydrogen-bond donors (Lipinski definition) is 1. The highest BCUT2D eigenvalue weighted by atomic mass is 16.2. The minimum Gasteiger partial charge on any atom is -0.354 e. The summed E-state index contributed by atoms with van der Waals surface area (Å²) < 4.78 is 0. The van der Waals surface area contributed by atoms with Crippen LogP contribution in [0.5, 0.6) is 0 Å². The fourth-order valence-electron chi connectivity index (χ4n) is 5.01. The average molecular weight is 386 g/mol. The fraction of sp³-hybridized carbons (Fsp3) is 0.727. The quantitative estimate of drug-likeness (QED) is 0.860. The molecule has 0 aromatic carbocycles. The molecular formula is C22H35N5O. The van der Waals surface area contributed by atoms with Crippen molar-refractivity contribution in [3.8, 4) is 0 Å². The Hall–Kier alpha value is -1.82. The van der Waals surface area contributed by atoms with Crippen LogP contribution in [0.15, 0.2) is 18.3 Å². The molecule has 6 heteroatoms. The molecule has 2 amide bonds. The number of carbonyl (C=O) groups is 1. The summed E-state index contributed by atoms with van der Waals surface area (Å²) in [6.45, 7) is 4.28. The summed E-state index contributed by atoms with van der Waals surface area (Å²) >= 11 is 0. The zero-order valence-electron chi connectivity index (χ0n) is 17.3. The molecule has 6 nitrogen and oxygen atoms in total. The van der Waals surface area contributed by atoms with Crippen molar-refractivity contribution in [2.75, 3.05) is 43.0 Å². The Bertz CT molecular complexity index is 646. The Morgan fingerprint density at radius 3 is 2.43 bits per heavy atom. The van der Waals surface area contributed by atoms with Crippen LogP contribution >= 0.6 is 0 Å². The second kappa shape index (κ2) is 9.12. The first kappa shape index (κ1) is 19.5. The van der Waals surface area contributed by atoms with Gasteiger partial charge in [-0.05, 0) is 31.7 Å². The number of rotatable bonds is 4. The van der Waals surface area contributed by atoms with Gasteiger partial charge in [0, 0.05) is 57.6 Å². The number of carbonyl (C=O) groups excluding carboxylic acids is 1. The van der Waals surface area contributed by atoms with Crippen LogP contribution in [0.4, 0.5) is 16.3 Å². The molecule has 0 spiro atoms. The molecule has 1 aromatic rings. The van der Waals surface area contributed by atoms with Crippen molar-refractivity contribution in [3.63, 3.8) is 0 Å². The van der Waals surface area contributed by atoms with Crippen molar-refractivity contribution < 1.29 is 4.79 Å². The standard InChI is InChI=1S/C22H35N5O/c1-25(22(28)24-18-7-3-2-4-8-18)20-11-12-23-21(17-20)27-15-13-26(14-16-27)19-9-5-6-10-19/h11-12,17-19H,2-10,13-16H2,1H3,(H,24,28). The van der Waals surface area contributed by atoms with Gasteiger partial charge in [-0.3, -0.25) is 9.80 Å². The van der Waals surface area contributed by atoms with Gasteiger partial charge < -0.3 is 10.2 Å². The van der Waals surface area contributed by atoms with E-state index in [1.54, 1.807) is 4.90 Å². The van der Waals surface area contributed by atoms with Crippen LogP contribution in [0.3, 0.4) is 0 Å². The summed E-state index contributed by atoms with van der Waals surface area (Å²) in [5.74, 6) is 0.987. The molecule has 2 saturated carbocycles. The monoisotopic (exact) mass is 385 g/mol. The number of pyridine rings is 1. The van der Waals surface area contributed by atoms with E-state index in [0.29, 0.717) is 6.04 Å². The molecule has 1 aliphatic heterocycles. The Kier molecular flexibility index (Phi) is 6.35. The van der Waals surface area contributed by atoms with Crippen LogP contribution in [0.2, 0.25) is 0 Å². The van der Waals surface area contributed by atoms with Crippen LogP contribution in [0.1, 0.15) is 57.8 Å². The number of nitrogens with zero attached hydrogens (tertiary/aromatic N) is 4. The highest BCUT2D eigenvalue weighted by Crippen LogP contribution is 2.26. The van der Waals surface area contributed by atoms with Gasteiger partial charge in [-0.15, -0.1) is 0 Å². The molecule has 3 fully saturated rings. The first-order valence-electron chi connectivity index (χ1n) is 11.2. The van der Waals surface area contributed by atoms with Gasteiger partial charge in [0.25, 0.3) is 0 Å². The predicted molar refractivity (Wildman–Crippen MR) is 114 cm³/mol. The summed E-state index contributed by atoms with van der Waals surface area (Å²) in [6, 6.07) is 5.12. The topological polar surface area (TPSA) is 51.7 Å². The summed E-state index contributed by atoms with van der Waals surface area (Å²) in [5, 5.41) is 3.20. The highest BCUT2D eigenvalue weighted by Gasteiger charge is 2.27. The molecule has 0 bridgehead atoms. The number of amides is 2. The Morgan fingerprint density at radius 1 is 1.04 bits per heavy atom. The van der Waals surface area contributed by atoms with Gasteiger partial charge in [-0.25, -0.2) is 9.78 Å². The van der Waals surface area contributed by atoms with Gasteiger partial charge >= 0.3 is 6.03 Å². The van der Waals surface area contributed by atoms with Crippen LogP contribution in [0.25, 0.3) is 0 Å². The first-order chi connectivity index (χ1) is 13.7. The highest BCUT2D eigenvalue weighted by molar-refractivity contribution is 5.91. The van der Waals surface area contributed by atoms with Crippen molar-refractivity contribution in [2.24, 2.45) is 0 Å². The molecule has 0 radical (unpaired) electrons. The number of nitrogens with one attached hydrogen (secondary N) is 1. The molecule has 1 N–H and O–H groups in total. The summed E-state index contributed by atoms with van der Waals surface area (Å²) in [6.07, 6.45) is 13.3. The third-order valence-corrected chi connectivity index (χ3v) is 6.83. The lowest BCUT2D eigenvalue weighted by Crippen LogP contribution is -2.50. The normalized spacial score (nSPS) is 22.4. The van der Waals surface area contributed by atoms with Crippen LogP contribution in [-0.4, -0.2) is 61.2 Å². The summed E-state index contributed by atoms with van der Waals surface area (Å²) in [5.41, 5.74) is 0.913. The molecule has 2 heterocycles. The lowest BCUT2D eigenvalue weighted by atomic mass is 9.96. The van der Waals surface area contributed by atoms with Crippen LogP contribution in [-0.2, 0) is 0 Å². The van der Waals surface area contributed by atoms with E-state index >= 15 is 0 Å². The largest absolute Gasteiger partial charge is 0.354 e. The zero-order chi connectivity index (χ0) is 19.3. The molecule has 154 valence electrons. The molecule has 1 aromatic heterocycles. The van der Waals surface area contributed by atoms with Crippen molar-refractivity contribution in [1.82, 2.24) is 15.2 Å². The van der Waals surface area contributed by atoms with Crippen molar-refractivity contribution in [2.45, 2.75) is 69.9 Å². The number of anilines is 2. The third-order valence-electron chi connectivity index (χ3n) is 6.83. The SMILES string of the molecule is CN(C(=O)NC1CCCCC1)c1ccnc(N2CCN(C3CCCC3)CC2)c1. The maximum atomic E-state index is 12.7. The van der Waals surface area contributed by atoms with Gasteiger partial charge in [0.05, 0.1) is 5.69 Å². The van der Waals surface area contributed by atoms with Crippen molar-refractivity contribution >= 4 is 17.5 Å². The number of piperazine rings is 1. The average Bonchev–Trinajstić information content (AvgIpc) is 3.29. The zero-order valence-corrected chi connectivity index (χ0v) is 17.3. The molecular weight excluding hydrogens is 350 g/mol. The van der Waals surface area contributed by atoms with Crippen LogP contribution in [0, 0.1) is 0 Å². The van der Waals surface area contributed by atoms with Gasteiger partial charge in [0.2, 0.25) is 0 Å². The number of urea groups is 1. The maximum absolute atomic E-state index is 12.7. The summed E-state index contributed by atoms with van der Waals surface area (Å²) in [7, 11) is 1.86. The van der Waals surface area contributed by atoms with E-state index in [2.05, 4.69) is 26.2 Å². The third kappa shape index (κ3) is 4.59. The lowest BCUT2D eigenvalue weighted by Gasteiger charge is -2.38. The van der Waals surface area contributed by atoms with E-state index in [4.69, 9.17) is 0 Å². The number of hydrogen-bond acceptors (Lipinski definition) is 4. The van der Waals surface area contributed by atoms with Crippen molar-refractivity contribution in [1.29, 1.82) is 0 Å². The number of aromatic nitrogens is 1. The smallest absolute Gasteiger partial charge is 0.321 e. The van der Waals surface area contributed by atoms with Gasteiger partial charge in [-0.1, -0.05) is 32.1 Å². The fourth-order valence-corrected chi connectivity index (χ4v) is 5.01. The van der Waals surface area contributed by atoms with Gasteiger partial charge in [0.15, 0.2) is 0 Å². The minimum atomic E-state index is -0.00453. The Balaban J connectivity index is 1.34. The van der Waals surface area contributed by atoms with E-state index < -0.39 is 0 Å². The lowest BCUT2D eigenvalue weighted by molar-refractivity contribution is 0.187. The Labute approximate surface area is 169 Å². The second-order valence-corrected chi connectivity index (χ2v) is 8.68. The molecule has 0 unspecified atom stereocenters. The molecule has 1 saturated heterocycles. The first-order valence-corrected chi connectivity index (χ1v) is 11.2. The van der Waals surface area contributed by atoms with Crippen LogP contribution < -0.4 is 15.1 Å². The molecule has 4 rings (SSSR count). The van der Waals surface area contributed by atoms with E-state index in [1.165, 1.54) is 44.9 Å². The van der Waals surface area contributed by atoms with E-state index in [0.717, 1.165) is 56.6 Å². The van der Waals surface area contributed by atoms with E-state index in [9.17, 15) is 4.79 Å².